The quantitative estimate of drug-likeness (QED) is 0.467. The molecule has 0 spiro atoms. The van der Waals surface area contributed by atoms with Crippen molar-refractivity contribution < 1.29 is 27.9 Å². The number of hydrogen-bond acceptors (Lipinski definition) is 5. The molecule has 0 bridgehead atoms. The minimum absolute atomic E-state index is 0.0160. The predicted octanol–water partition coefficient (Wildman–Crippen LogP) is 3.28. The van der Waals surface area contributed by atoms with Crippen LogP contribution in [0, 0.1) is 6.92 Å². The number of alkyl halides is 3. The summed E-state index contributed by atoms with van der Waals surface area (Å²) in [6.45, 7) is 1.41. The first kappa shape index (κ1) is 25.8. The van der Waals surface area contributed by atoms with Gasteiger partial charge in [-0.25, -0.2) is 9.79 Å². The molecule has 11 heteroatoms. The molecule has 1 amide bonds. The Kier molecular flexibility index (Phi) is 6.74. The van der Waals surface area contributed by atoms with Crippen LogP contribution in [0.3, 0.4) is 0 Å². The molecule has 1 unspecified atom stereocenters. The monoisotopic (exact) mass is 512 g/mol. The number of amides is 1. The Morgan fingerprint density at radius 2 is 1.81 bits per heavy atom. The summed E-state index contributed by atoms with van der Waals surface area (Å²) in [7, 11) is 1.38. The first-order valence-corrected chi connectivity index (χ1v) is 11.2. The highest BCUT2D eigenvalue weighted by Crippen LogP contribution is 2.36. The fraction of sp³-hybridized carbons (Fsp3) is 0.231. The number of nitrogens with zero attached hydrogens (tertiary/aromatic N) is 2. The van der Waals surface area contributed by atoms with Gasteiger partial charge in [-0.05, 0) is 30.2 Å². The molecule has 0 saturated carbocycles. The zero-order chi connectivity index (χ0) is 27.1. The average molecular weight is 512 g/mol. The van der Waals surface area contributed by atoms with Crippen LogP contribution in [-0.2, 0) is 29.2 Å². The molecule has 1 aliphatic heterocycles. The maximum absolute atomic E-state index is 13.7. The van der Waals surface area contributed by atoms with Crippen LogP contribution in [0.2, 0.25) is 0 Å². The van der Waals surface area contributed by atoms with Crippen molar-refractivity contribution in [1.29, 1.82) is 0 Å². The molecule has 2 heterocycles. The van der Waals surface area contributed by atoms with Crippen molar-refractivity contribution in [2.45, 2.75) is 31.6 Å². The van der Waals surface area contributed by atoms with Gasteiger partial charge in [-0.3, -0.25) is 9.59 Å². The molecule has 4 N–H and O–H groups in total. The van der Waals surface area contributed by atoms with E-state index in [4.69, 9.17) is 5.73 Å². The zero-order valence-electron chi connectivity index (χ0n) is 19.8. The maximum Gasteiger partial charge on any atom is 0.417 e. The highest BCUT2D eigenvalue weighted by molar-refractivity contribution is 6.42. The van der Waals surface area contributed by atoms with Gasteiger partial charge in [-0.2, -0.15) is 13.2 Å². The molecule has 1 aromatic heterocycles. The number of hydrogen-bond donors (Lipinski definition) is 3. The second kappa shape index (κ2) is 9.66. The Morgan fingerprint density at radius 3 is 2.41 bits per heavy atom. The van der Waals surface area contributed by atoms with Gasteiger partial charge >= 0.3 is 12.1 Å². The molecule has 1 aliphatic rings. The van der Waals surface area contributed by atoms with E-state index in [2.05, 4.69) is 10.3 Å². The van der Waals surface area contributed by atoms with Crippen molar-refractivity contribution in [3.05, 3.63) is 87.3 Å². The first-order chi connectivity index (χ1) is 17.4. The second-order valence-corrected chi connectivity index (χ2v) is 8.74. The van der Waals surface area contributed by atoms with Crippen LogP contribution >= 0.6 is 0 Å². The number of carboxylic acids is 1. The highest BCUT2D eigenvalue weighted by atomic mass is 19.4. The summed E-state index contributed by atoms with van der Waals surface area (Å²) in [5.74, 6) is -2.04. The minimum Gasteiger partial charge on any atom is -0.480 e. The number of nitrogens with two attached hydrogens (primary N) is 1. The van der Waals surface area contributed by atoms with E-state index in [0.717, 1.165) is 10.6 Å². The molecule has 0 fully saturated rings. The van der Waals surface area contributed by atoms with Crippen molar-refractivity contribution >= 4 is 23.3 Å². The number of aliphatic imine (C=N–C) groups is 1. The van der Waals surface area contributed by atoms with Gasteiger partial charge in [0, 0.05) is 24.7 Å². The third-order valence-corrected chi connectivity index (χ3v) is 6.30. The summed E-state index contributed by atoms with van der Waals surface area (Å²) in [5.41, 5.74) is 5.54. The van der Waals surface area contributed by atoms with E-state index in [0.29, 0.717) is 16.8 Å². The largest absolute Gasteiger partial charge is 0.480 e. The van der Waals surface area contributed by atoms with Crippen LogP contribution in [0.1, 0.15) is 28.4 Å². The number of carbonyl (C=O) groups is 2. The Labute approximate surface area is 209 Å². The highest BCUT2D eigenvalue weighted by Gasteiger charge is 2.36. The molecule has 8 nitrogen and oxygen atoms in total. The molecular weight excluding hydrogens is 489 g/mol. The molecule has 2 atom stereocenters. The minimum atomic E-state index is -4.74. The lowest BCUT2D eigenvalue weighted by molar-refractivity contribution is -0.141. The van der Waals surface area contributed by atoms with Gasteiger partial charge in [0.05, 0.1) is 22.9 Å². The summed E-state index contributed by atoms with van der Waals surface area (Å²) in [6.07, 6.45) is -4.90. The Hall–Kier alpha value is -4.25. The van der Waals surface area contributed by atoms with Crippen LogP contribution in [-0.4, -0.2) is 33.3 Å². The lowest BCUT2D eigenvalue weighted by atomic mass is 9.97. The van der Waals surface area contributed by atoms with Gasteiger partial charge in [0.2, 0.25) is 0 Å². The standard InChI is InChI=1S/C26H23F3N4O4/c1-13-11-17(26(27,28)29)20(24(35)33(13)2)15-9-7-14(8-10-15)12-19(25(36)37)32-23(34)22-21(30)16-5-3-4-6-18(16)31-22/h3-11,19,21H,12,30H2,1-2H3,(H,32,34)(H,36,37)/t19-,21?/m0/s1. The van der Waals surface area contributed by atoms with Crippen LogP contribution in [0.15, 0.2) is 64.4 Å². The molecule has 0 radical (unpaired) electrons. The van der Waals surface area contributed by atoms with Gasteiger partial charge in [0.1, 0.15) is 11.8 Å². The molecule has 0 saturated heterocycles. The Morgan fingerprint density at radius 1 is 1.16 bits per heavy atom. The molecular formula is C26H23F3N4O4. The van der Waals surface area contributed by atoms with Gasteiger partial charge in [0.25, 0.3) is 11.5 Å². The SMILES string of the molecule is Cc1cc(C(F)(F)F)c(-c2ccc(C[C@H](NC(=O)C3=Nc4ccccc4C3N)C(=O)O)cc2)c(=O)n1C. The second-order valence-electron chi connectivity index (χ2n) is 8.74. The van der Waals surface area contributed by atoms with E-state index in [-0.39, 0.29) is 23.4 Å². The number of carbonyl (C=O) groups excluding carboxylic acids is 1. The number of carboxylic acid groups (broad SMARTS) is 1. The third-order valence-electron chi connectivity index (χ3n) is 6.30. The number of rotatable bonds is 6. The predicted molar refractivity (Wildman–Crippen MR) is 131 cm³/mol. The topological polar surface area (TPSA) is 127 Å². The normalized spacial score (nSPS) is 15.6. The number of pyridine rings is 1. The number of benzene rings is 2. The Bertz CT molecular complexity index is 1480. The number of aromatic nitrogens is 1. The number of halogens is 3. The molecule has 192 valence electrons. The molecule has 37 heavy (non-hydrogen) atoms. The smallest absolute Gasteiger partial charge is 0.417 e. The summed E-state index contributed by atoms with van der Waals surface area (Å²) in [6, 6.07) is 11.2. The van der Waals surface area contributed by atoms with E-state index >= 15 is 0 Å². The zero-order valence-corrected chi connectivity index (χ0v) is 19.8. The number of aryl methyl sites for hydroxylation is 1. The summed E-state index contributed by atoms with van der Waals surface area (Å²) < 4.78 is 42.1. The summed E-state index contributed by atoms with van der Waals surface area (Å²) in [4.78, 5) is 41.5. The summed E-state index contributed by atoms with van der Waals surface area (Å²) >= 11 is 0. The third kappa shape index (κ3) is 5.03. The summed E-state index contributed by atoms with van der Waals surface area (Å²) in [5, 5.41) is 12.1. The molecule has 4 rings (SSSR count). The van der Waals surface area contributed by atoms with Crippen LogP contribution in [0.5, 0.6) is 0 Å². The van der Waals surface area contributed by atoms with Crippen molar-refractivity contribution in [2.75, 3.05) is 0 Å². The number of aliphatic carboxylic acids is 1. The van der Waals surface area contributed by atoms with Crippen molar-refractivity contribution in [2.24, 2.45) is 17.8 Å². The van der Waals surface area contributed by atoms with Crippen LogP contribution < -0.4 is 16.6 Å². The Balaban J connectivity index is 1.56. The number of nitrogens with one attached hydrogen (secondary N) is 1. The fourth-order valence-electron chi connectivity index (χ4n) is 4.19. The first-order valence-electron chi connectivity index (χ1n) is 11.2. The van der Waals surface area contributed by atoms with Gasteiger partial charge in [0.15, 0.2) is 0 Å². The van der Waals surface area contributed by atoms with Crippen LogP contribution in [0.25, 0.3) is 11.1 Å². The van der Waals surface area contributed by atoms with Gasteiger partial charge in [-0.1, -0.05) is 42.5 Å². The van der Waals surface area contributed by atoms with Crippen molar-refractivity contribution in [3.8, 4) is 11.1 Å². The molecule has 2 aromatic carbocycles. The fourth-order valence-corrected chi connectivity index (χ4v) is 4.19. The van der Waals surface area contributed by atoms with E-state index < -0.39 is 46.8 Å². The van der Waals surface area contributed by atoms with Gasteiger partial charge in [-0.15, -0.1) is 0 Å². The van der Waals surface area contributed by atoms with Crippen LogP contribution in [0.4, 0.5) is 18.9 Å². The van der Waals surface area contributed by atoms with Gasteiger partial charge < -0.3 is 20.7 Å². The lowest BCUT2D eigenvalue weighted by Crippen LogP contribution is -2.46. The average Bonchev–Trinajstić information content (AvgIpc) is 3.18. The van der Waals surface area contributed by atoms with Crippen molar-refractivity contribution in [1.82, 2.24) is 9.88 Å². The van der Waals surface area contributed by atoms with Crippen molar-refractivity contribution in [3.63, 3.8) is 0 Å². The number of fused-ring (bicyclic) bond motifs is 1. The van der Waals surface area contributed by atoms with E-state index in [1.807, 2.05) is 0 Å². The van der Waals surface area contributed by atoms with E-state index in [1.165, 1.54) is 38.2 Å². The lowest BCUT2D eigenvalue weighted by Gasteiger charge is -2.17. The van der Waals surface area contributed by atoms with E-state index in [9.17, 15) is 32.7 Å². The number of para-hydroxylation sites is 1. The maximum atomic E-state index is 13.7. The molecule has 0 aliphatic carbocycles. The molecule has 3 aromatic rings. The van der Waals surface area contributed by atoms with E-state index in [1.54, 1.807) is 24.3 Å².